The van der Waals surface area contributed by atoms with Gasteiger partial charge in [0.15, 0.2) is 0 Å². The highest BCUT2D eigenvalue weighted by molar-refractivity contribution is 9.10. The molecule has 2 aromatic carbocycles. The van der Waals surface area contributed by atoms with Crippen LogP contribution in [0.1, 0.15) is 18.6 Å². The van der Waals surface area contributed by atoms with Crippen molar-refractivity contribution in [2.24, 2.45) is 0 Å². The van der Waals surface area contributed by atoms with E-state index in [1.807, 2.05) is 49.4 Å². The molecule has 0 fully saturated rings. The first-order valence-corrected chi connectivity index (χ1v) is 6.70. The molecule has 4 heteroatoms. The van der Waals surface area contributed by atoms with Gasteiger partial charge in [-0.2, -0.15) is 0 Å². The van der Waals surface area contributed by atoms with Gasteiger partial charge >= 0.3 is 0 Å². The molecule has 0 aliphatic rings. The van der Waals surface area contributed by atoms with E-state index in [0.717, 1.165) is 15.7 Å². The minimum absolute atomic E-state index is 0.0794. The molecule has 0 aliphatic heterocycles. The maximum Gasteiger partial charge on any atom is 0.138 e. The van der Waals surface area contributed by atoms with E-state index in [1.54, 1.807) is 0 Å². The zero-order valence-corrected chi connectivity index (χ0v) is 12.2. The minimum atomic E-state index is -0.0794. The first kappa shape index (κ1) is 13.2. The minimum Gasteiger partial charge on any atom is -0.484 e. The number of ether oxygens (including phenoxy) is 1. The summed E-state index contributed by atoms with van der Waals surface area (Å²) in [4.78, 5) is 0. The van der Waals surface area contributed by atoms with E-state index in [4.69, 9.17) is 22.1 Å². The molecular weight excluding hydrogens is 314 g/mol. The smallest absolute Gasteiger partial charge is 0.138 e. The molecule has 1 unspecified atom stereocenters. The fourth-order valence-corrected chi connectivity index (χ4v) is 2.31. The number of halogens is 2. The van der Waals surface area contributed by atoms with Crippen LogP contribution in [0, 0.1) is 0 Å². The van der Waals surface area contributed by atoms with Crippen LogP contribution in [-0.4, -0.2) is 0 Å². The van der Waals surface area contributed by atoms with E-state index in [0.29, 0.717) is 10.8 Å². The van der Waals surface area contributed by atoms with E-state index < -0.39 is 0 Å². The maximum atomic E-state index is 6.11. The van der Waals surface area contributed by atoms with Gasteiger partial charge in [-0.15, -0.1) is 0 Å². The van der Waals surface area contributed by atoms with Crippen LogP contribution < -0.4 is 10.5 Å². The lowest BCUT2D eigenvalue weighted by Gasteiger charge is -2.16. The molecule has 0 radical (unpaired) electrons. The lowest BCUT2D eigenvalue weighted by atomic mass is 10.1. The molecule has 2 nitrogen and oxygen atoms in total. The molecule has 0 saturated heterocycles. The van der Waals surface area contributed by atoms with E-state index in [1.165, 1.54) is 0 Å². The standard InChI is InChI=1S/C14H13BrClNO/c1-9(10-2-5-12(17)6-3-10)18-14-7-4-11(15)8-13(14)16/h2-9H,17H2,1H3. The van der Waals surface area contributed by atoms with Crippen LogP contribution in [0.25, 0.3) is 0 Å². The summed E-state index contributed by atoms with van der Waals surface area (Å²) in [6.07, 6.45) is -0.0794. The van der Waals surface area contributed by atoms with Crippen molar-refractivity contribution in [1.29, 1.82) is 0 Å². The van der Waals surface area contributed by atoms with Gasteiger partial charge in [-0.05, 0) is 42.8 Å². The normalized spacial score (nSPS) is 12.2. The molecule has 0 amide bonds. The number of benzene rings is 2. The number of hydrogen-bond donors (Lipinski definition) is 1. The van der Waals surface area contributed by atoms with Crippen LogP contribution >= 0.6 is 27.5 Å². The predicted octanol–water partition coefficient (Wildman–Crippen LogP) is 4.82. The highest BCUT2D eigenvalue weighted by atomic mass is 79.9. The van der Waals surface area contributed by atoms with E-state index in [9.17, 15) is 0 Å². The predicted molar refractivity (Wildman–Crippen MR) is 79.0 cm³/mol. The number of anilines is 1. The van der Waals surface area contributed by atoms with Gasteiger partial charge in [0.1, 0.15) is 11.9 Å². The Kier molecular flexibility index (Phi) is 4.15. The average Bonchev–Trinajstić information content (AvgIpc) is 2.33. The van der Waals surface area contributed by atoms with Crippen LogP contribution in [0.3, 0.4) is 0 Å². The van der Waals surface area contributed by atoms with Crippen LogP contribution in [-0.2, 0) is 0 Å². The number of hydrogen-bond acceptors (Lipinski definition) is 2. The molecule has 2 rings (SSSR count). The topological polar surface area (TPSA) is 35.2 Å². The van der Waals surface area contributed by atoms with Crippen LogP contribution in [0.4, 0.5) is 5.69 Å². The number of nitrogens with two attached hydrogens (primary N) is 1. The van der Waals surface area contributed by atoms with E-state index in [2.05, 4.69) is 15.9 Å². The van der Waals surface area contributed by atoms with Crippen molar-refractivity contribution in [3.8, 4) is 5.75 Å². The molecule has 2 aromatic rings. The number of rotatable bonds is 3. The Morgan fingerprint density at radius 2 is 1.83 bits per heavy atom. The summed E-state index contributed by atoms with van der Waals surface area (Å²) >= 11 is 9.47. The highest BCUT2D eigenvalue weighted by Crippen LogP contribution is 2.31. The van der Waals surface area contributed by atoms with E-state index in [-0.39, 0.29) is 6.10 Å². The Labute approximate surface area is 120 Å². The van der Waals surface area contributed by atoms with Gasteiger partial charge in [0.2, 0.25) is 0 Å². The monoisotopic (exact) mass is 325 g/mol. The summed E-state index contributed by atoms with van der Waals surface area (Å²) in [6, 6.07) is 13.2. The second-order valence-corrected chi connectivity index (χ2v) is 5.32. The molecule has 0 aromatic heterocycles. The Bertz CT molecular complexity index is 542. The highest BCUT2D eigenvalue weighted by Gasteiger charge is 2.09. The third-order valence-electron chi connectivity index (χ3n) is 2.60. The summed E-state index contributed by atoms with van der Waals surface area (Å²) in [5.74, 6) is 0.671. The van der Waals surface area contributed by atoms with Crippen LogP contribution in [0.15, 0.2) is 46.9 Å². The van der Waals surface area contributed by atoms with Crippen molar-refractivity contribution < 1.29 is 4.74 Å². The molecule has 0 bridgehead atoms. The molecule has 0 heterocycles. The first-order chi connectivity index (χ1) is 8.56. The van der Waals surface area contributed by atoms with Gasteiger partial charge in [0, 0.05) is 10.2 Å². The molecule has 0 spiro atoms. The molecule has 0 aliphatic carbocycles. The Morgan fingerprint density at radius 1 is 1.17 bits per heavy atom. The quantitative estimate of drug-likeness (QED) is 0.820. The van der Waals surface area contributed by atoms with Gasteiger partial charge in [-0.3, -0.25) is 0 Å². The van der Waals surface area contributed by atoms with Gasteiger partial charge < -0.3 is 10.5 Å². The van der Waals surface area contributed by atoms with Gasteiger partial charge in [-0.1, -0.05) is 39.7 Å². The Balaban J connectivity index is 2.15. The fraction of sp³-hybridized carbons (Fsp3) is 0.143. The lowest BCUT2D eigenvalue weighted by Crippen LogP contribution is -2.03. The van der Waals surface area contributed by atoms with Crippen molar-refractivity contribution >= 4 is 33.2 Å². The average molecular weight is 327 g/mol. The Hall–Kier alpha value is -1.19. The van der Waals surface area contributed by atoms with Gasteiger partial charge in [-0.25, -0.2) is 0 Å². The van der Waals surface area contributed by atoms with Gasteiger partial charge in [0.05, 0.1) is 5.02 Å². The lowest BCUT2D eigenvalue weighted by molar-refractivity contribution is 0.227. The summed E-state index contributed by atoms with van der Waals surface area (Å²) in [5.41, 5.74) is 7.45. The molecule has 94 valence electrons. The van der Waals surface area contributed by atoms with Crippen LogP contribution in [0.2, 0.25) is 5.02 Å². The van der Waals surface area contributed by atoms with Crippen molar-refractivity contribution in [1.82, 2.24) is 0 Å². The molecular formula is C14H13BrClNO. The second kappa shape index (κ2) is 5.63. The third-order valence-corrected chi connectivity index (χ3v) is 3.39. The summed E-state index contributed by atoms with van der Waals surface area (Å²) in [5, 5.41) is 0.590. The third kappa shape index (κ3) is 3.18. The number of nitrogen functional groups attached to an aromatic ring is 1. The summed E-state index contributed by atoms with van der Waals surface area (Å²) in [6.45, 7) is 1.98. The van der Waals surface area contributed by atoms with Gasteiger partial charge in [0.25, 0.3) is 0 Å². The fourth-order valence-electron chi connectivity index (χ4n) is 1.60. The zero-order valence-electron chi connectivity index (χ0n) is 9.86. The van der Waals surface area contributed by atoms with Crippen molar-refractivity contribution in [3.05, 3.63) is 57.5 Å². The maximum absolute atomic E-state index is 6.11. The first-order valence-electron chi connectivity index (χ1n) is 5.53. The van der Waals surface area contributed by atoms with Crippen LogP contribution in [0.5, 0.6) is 5.75 Å². The van der Waals surface area contributed by atoms with Crippen molar-refractivity contribution in [2.75, 3.05) is 5.73 Å². The molecule has 0 saturated carbocycles. The van der Waals surface area contributed by atoms with Crippen molar-refractivity contribution in [2.45, 2.75) is 13.0 Å². The zero-order chi connectivity index (χ0) is 13.1. The molecule has 2 N–H and O–H groups in total. The largest absolute Gasteiger partial charge is 0.484 e. The molecule has 1 atom stereocenters. The van der Waals surface area contributed by atoms with Crippen molar-refractivity contribution in [3.63, 3.8) is 0 Å². The summed E-state index contributed by atoms with van der Waals surface area (Å²) < 4.78 is 6.76. The SMILES string of the molecule is CC(Oc1ccc(Br)cc1Cl)c1ccc(N)cc1. The molecule has 18 heavy (non-hydrogen) atoms. The van der Waals surface area contributed by atoms with E-state index >= 15 is 0 Å². The Morgan fingerprint density at radius 3 is 2.44 bits per heavy atom. The summed E-state index contributed by atoms with van der Waals surface area (Å²) in [7, 11) is 0. The second-order valence-electron chi connectivity index (χ2n) is 4.00.